The minimum atomic E-state index is -0.788. The molecule has 0 unspecified atom stereocenters. The molecule has 2 rings (SSSR count). The number of carbonyl (C=O) groups excluding carboxylic acids is 2. The summed E-state index contributed by atoms with van der Waals surface area (Å²) in [5.41, 5.74) is 0.836. The third kappa shape index (κ3) is 6.94. The molecule has 0 aliphatic heterocycles. The molecule has 31 heavy (non-hydrogen) atoms. The highest BCUT2D eigenvalue weighted by Crippen LogP contribution is 2.25. The van der Waals surface area contributed by atoms with E-state index in [0.29, 0.717) is 22.2 Å². The van der Waals surface area contributed by atoms with Crippen LogP contribution in [-0.4, -0.2) is 34.2 Å². The number of hydrogen-bond donors (Lipinski definition) is 1. The van der Waals surface area contributed by atoms with Gasteiger partial charge in [0.1, 0.15) is 6.04 Å². The number of benzene rings is 2. The Morgan fingerprint density at radius 1 is 1.10 bits per heavy atom. The molecule has 2 amide bonds. The molecule has 0 aromatic heterocycles. The first-order valence-corrected chi connectivity index (χ1v) is 10.6. The van der Waals surface area contributed by atoms with Crippen LogP contribution in [0.25, 0.3) is 0 Å². The van der Waals surface area contributed by atoms with Crippen LogP contribution in [-0.2, 0) is 22.6 Å². The predicted octanol–water partition coefficient (Wildman–Crippen LogP) is 4.63. The lowest BCUT2D eigenvalue weighted by atomic mass is 10.1. The van der Waals surface area contributed by atoms with Crippen molar-refractivity contribution in [2.45, 2.75) is 39.8 Å². The maximum Gasteiger partial charge on any atom is 0.273 e. The first kappa shape index (κ1) is 24.6. The van der Waals surface area contributed by atoms with Crippen LogP contribution in [0.1, 0.15) is 31.9 Å². The largest absolute Gasteiger partial charge is 0.354 e. The van der Waals surface area contributed by atoms with Gasteiger partial charge >= 0.3 is 0 Å². The van der Waals surface area contributed by atoms with Gasteiger partial charge in [0, 0.05) is 24.7 Å². The summed E-state index contributed by atoms with van der Waals surface area (Å²) >= 11 is 12.1. The number of nitrogens with zero attached hydrogens (tertiary/aromatic N) is 2. The van der Waals surface area contributed by atoms with Gasteiger partial charge < -0.3 is 10.2 Å². The quantitative estimate of drug-likeness (QED) is 0.431. The Balaban J connectivity index is 2.31. The number of nitrogens with one attached hydrogen (secondary N) is 1. The third-order valence-corrected chi connectivity index (χ3v) is 5.46. The summed E-state index contributed by atoms with van der Waals surface area (Å²) in [6.45, 7) is 6.15. The van der Waals surface area contributed by atoms with E-state index in [4.69, 9.17) is 23.2 Å². The topological polar surface area (TPSA) is 92.6 Å². The van der Waals surface area contributed by atoms with E-state index in [-0.39, 0.29) is 36.0 Å². The van der Waals surface area contributed by atoms with E-state index in [1.807, 2.05) is 13.8 Å². The second-order valence-corrected chi connectivity index (χ2v) is 8.46. The highest BCUT2D eigenvalue weighted by Gasteiger charge is 2.28. The van der Waals surface area contributed by atoms with Crippen LogP contribution in [0.5, 0.6) is 0 Å². The van der Waals surface area contributed by atoms with Gasteiger partial charge in [-0.15, -0.1) is 0 Å². The molecule has 0 radical (unpaired) electrons. The minimum Gasteiger partial charge on any atom is -0.354 e. The van der Waals surface area contributed by atoms with Crippen molar-refractivity contribution >= 4 is 40.7 Å². The molecule has 7 nitrogen and oxygen atoms in total. The van der Waals surface area contributed by atoms with E-state index >= 15 is 0 Å². The van der Waals surface area contributed by atoms with Gasteiger partial charge in [-0.05, 0) is 30.5 Å². The van der Waals surface area contributed by atoms with Gasteiger partial charge in [-0.25, -0.2) is 0 Å². The van der Waals surface area contributed by atoms with Crippen LogP contribution >= 0.6 is 23.2 Å². The molecule has 0 aliphatic rings. The van der Waals surface area contributed by atoms with Crippen LogP contribution in [0.3, 0.4) is 0 Å². The lowest BCUT2D eigenvalue weighted by Gasteiger charge is -2.29. The standard InChI is InChI=1S/C22H25Cl2N3O4/c1-14(2)12-25-22(29)15(3)26(13-16-8-9-18(23)19(24)10-16)21(28)11-17-6-4-5-7-20(17)27(30)31/h4-10,14-15H,11-13H2,1-3H3,(H,25,29)/t15-/m1/s1. The molecule has 166 valence electrons. The number of hydrogen-bond acceptors (Lipinski definition) is 4. The molecule has 0 heterocycles. The molecule has 0 saturated carbocycles. The summed E-state index contributed by atoms with van der Waals surface area (Å²) in [6.07, 6.45) is -0.208. The van der Waals surface area contributed by atoms with E-state index in [0.717, 1.165) is 0 Å². The van der Waals surface area contributed by atoms with E-state index < -0.39 is 16.9 Å². The van der Waals surface area contributed by atoms with Crippen molar-refractivity contribution in [2.75, 3.05) is 6.54 Å². The Labute approximate surface area is 191 Å². The van der Waals surface area contributed by atoms with Gasteiger partial charge in [-0.3, -0.25) is 19.7 Å². The highest BCUT2D eigenvalue weighted by molar-refractivity contribution is 6.42. The fourth-order valence-corrected chi connectivity index (χ4v) is 3.29. The van der Waals surface area contributed by atoms with E-state index in [1.165, 1.54) is 17.0 Å². The zero-order valence-electron chi connectivity index (χ0n) is 17.6. The average Bonchev–Trinajstić information content (AvgIpc) is 2.72. The van der Waals surface area contributed by atoms with Crippen LogP contribution in [0.4, 0.5) is 5.69 Å². The molecule has 0 bridgehead atoms. The normalized spacial score (nSPS) is 11.8. The van der Waals surface area contributed by atoms with Crippen LogP contribution in [0, 0.1) is 16.0 Å². The maximum absolute atomic E-state index is 13.2. The van der Waals surface area contributed by atoms with Crippen molar-refractivity contribution in [3.8, 4) is 0 Å². The van der Waals surface area contributed by atoms with Gasteiger partial charge in [-0.1, -0.05) is 61.3 Å². The van der Waals surface area contributed by atoms with Gasteiger partial charge in [0.15, 0.2) is 0 Å². The second kappa shape index (κ2) is 11.1. The number of nitro groups is 1. The van der Waals surface area contributed by atoms with Crippen molar-refractivity contribution in [1.29, 1.82) is 0 Å². The average molecular weight is 466 g/mol. The lowest BCUT2D eigenvalue weighted by Crippen LogP contribution is -2.48. The van der Waals surface area contributed by atoms with Crippen molar-refractivity contribution in [3.05, 3.63) is 73.8 Å². The van der Waals surface area contributed by atoms with Crippen LogP contribution in [0.15, 0.2) is 42.5 Å². The molecule has 1 atom stereocenters. The number of amides is 2. The monoisotopic (exact) mass is 465 g/mol. The molecule has 1 N–H and O–H groups in total. The maximum atomic E-state index is 13.2. The number of para-hydroxylation sites is 1. The zero-order chi connectivity index (χ0) is 23.1. The molecule has 0 saturated heterocycles. The summed E-state index contributed by atoms with van der Waals surface area (Å²) in [6, 6.07) is 10.3. The summed E-state index contributed by atoms with van der Waals surface area (Å²) < 4.78 is 0. The second-order valence-electron chi connectivity index (χ2n) is 7.65. The van der Waals surface area contributed by atoms with Crippen molar-refractivity contribution in [1.82, 2.24) is 10.2 Å². The summed E-state index contributed by atoms with van der Waals surface area (Å²) in [4.78, 5) is 38.0. The Hall–Kier alpha value is -2.64. The first-order chi connectivity index (χ1) is 14.6. The molecule has 2 aromatic carbocycles. The Kier molecular flexibility index (Phi) is 8.83. The van der Waals surface area contributed by atoms with Gasteiger partial charge in [-0.2, -0.15) is 0 Å². The zero-order valence-corrected chi connectivity index (χ0v) is 19.1. The number of nitro benzene ring substituents is 1. The highest BCUT2D eigenvalue weighted by atomic mass is 35.5. The van der Waals surface area contributed by atoms with Gasteiger partial charge in [0.2, 0.25) is 11.8 Å². The van der Waals surface area contributed by atoms with Crippen LogP contribution < -0.4 is 5.32 Å². The fraction of sp³-hybridized carbons (Fsp3) is 0.364. The van der Waals surface area contributed by atoms with Crippen molar-refractivity contribution in [3.63, 3.8) is 0 Å². The third-order valence-electron chi connectivity index (χ3n) is 4.72. The van der Waals surface area contributed by atoms with Crippen molar-refractivity contribution < 1.29 is 14.5 Å². The Morgan fingerprint density at radius 3 is 2.39 bits per heavy atom. The smallest absolute Gasteiger partial charge is 0.273 e. The van der Waals surface area contributed by atoms with Crippen LogP contribution in [0.2, 0.25) is 10.0 Å². The molecule has 2 aromatic rings. The molecule has 9 heteroatoms. The fourth-order valence-electron chi connectivity index (χ4n) is 2.97. The number of halogens is 2. The number of rotatable bonds is 9. The summed E-state index contributed by atoms with van der Waals surface area (Å²) in [5, 5.41) is 14.9. The summed E-state index contributed by atoms with van der Waals surface area (Å²) in [7, 11) is 0. The minimum absolute atomic E-state index is 0.104. The molecule has 0 fully saturated rings. The Bertz CT molecular complexity index is 966. The summed E-state index contributed by atoms with van der Waals surface area (Å²) in [5.74, 6) is -0.459. The molecule has 0 spiro atoms. The Morgan fingerprint density at radius 2 is 1.77 bits per heavy atom. The van der Waals surface area contributed by atoms with E-state index in [9.17, 15) is 19.7 Å². The van der Waals surface area contributed by atoms with E-state index in [1.54, 1.807) is 37.3 Å². The first-order valence-electron chi connectivity index (χ1n) is 9.83. The van der Waals surface area contributed by atoms with Crippen molar-refractivity contribution in [2.24, 2.45) is 5.92 Å². The van der Waals surface area contributed by atoms with E-state index in [2.05, 4.69) is 5.32 Å². The SMILES string of the molecule is CC(C)CNC(=O)[C@@H](C)N(Cc1ccc(Cl)c(Cl)c1)C(=O)Cc1ccccc1[N+](=O)[O-]. The lowest BCUT2D eigenvalue weighted by molar-refractivity contribution is -0.385. The molecular formula is C22H25Cl2N3O4. The molecule has 0 aliphatic carbocycles. The molecular weight excluding hydrogens is 441 g/mol. The predicted molar refractivity (Wildman–Crippen MR) is 121 cm³/mol. The van der Waals surface area contributed by atoms with Gasteiger partial charge in [0.05, 0.1) is 21.4 Å². The number of carbonyl (C=O) groups is 2. The van der Waals surface area contributed by atoms with Gasteiger partial charge in [0.25, 0.3) is 5.69 Å².